The molecule has 4 aliphatic rings. The number of hydrogen-bond acceptors (Lipinski definition) is 6. The van der Waals surface area contributed by atoms with Crippen LogP contribution in [0.2, 0.25) is 10.0 Å². The average Bonchev–Trinajstić information content (AvgIpc) is 3.73. The topological polar surface area (TPSA) is 97.7 Å². The number of amides is 2. The molecule has 1 saturated heterocycles. The predicted octanol–water partition coefficient (Wildman–Crippen LogP) is 6.09. The summed E-state index contributed by atoms with van der Waals surface area (Å²) in [7, 11) is 3.15. The third-order valence-corrected chi connectivity index (χ3v) is 11.4. The van der Waals surface area contributed by atoms with Gasteiger partial charge in [-0.3, -0.25) is 19.2 Å². The maximum atomic E-state index is 16.3. The van der Waals surface area contributed by atoms with Gasteiger partial charge in [0, 0.05) is 72.1 Å². The van der Waals surface area contributed by atoms with Gasteiger partial charge in [0.1, 0.15) is 11.4 Å². The van der Waals surface area contributed by atoms with Crippen LogP contribution in [-0.2, 0) is 26.2 Å². The Hall–Kier alpha value is -3.54. The van der Waals surface area contributed by atoms with Gasteiger partial charge in [-0.1, -0.05) is 53.9 Å². The van der Waals surface area contributed by atoms with Gasteiger partial charge >= 0.3 is 0 Å². The quantitative estimate of drug-likeness (QED) is 0.221. The summed E-state index contributed by atoms with van der Waals surface area (Å²) in [6, 6.07) is 15.2. The summed E-state index contributed by atoms with van der Waals surface area (Å²) >= 11 is 12.9. The zero-order valence-electron chi connectivity index (χ0n) is 26.6. The first kappa shape index (κ1) is 31.7. The van der Waals surface area contributed by atoms with Crippen LogP contribution < -0.4 is 10.6 Å². The minimum atomic E-state index is -1.21. The first-order chi connectivity index (χ1) is 23.3. The van der Waals surface area contributed by atoms with Gasteiger partial charge in [-0.05, 0) is 54.7 Å². The number of halogens is 3. The van der Waals surface area contributed by atoms with E-state index in [1.807, 2.05) is 16.8 Å². The molecule has 1 spiro atoms. The smallest absolute Gasteiger partial charge is 0.251 e. The third kappa shape index (κ3) is 4.71. The number of nitrogens with zero attached hydrogens (tertiary/aromatic N) is 3. The Morgan fingerprint density at radius 1 is 1.12 bits per heavy atom. The SMILES string of the molecule is COCC(COC)NC(=O)c1ccc2c3n(nc2c1)[C@@H]1[C@H](C3)N(CC2CCC2)[C@@]2(C(=O)Nc3cc(Cl)ccc32)[C@H]1c1cccc(Cl)c1F. The lowest BCUT2D eigenvalue weighted by molar-refractivity contribution is -0.128. The monoisotopic (exact) mass is 691 g/mol. The summed E-state index contributed by atoms with van der Waals surface area (Å²) in [5.41, 5.74) is 2.70. The maximum Gasteiger partial charge on any atom is 0.251 e. The average molecular weight is 693 g/mol. The van der Waals surface area contributed by atoms with E-state index < -0.39 is 23.3 Å². The largest absolute Gasteiger partial charge is 0.382 e. The number of nitrogens with one attached hydrogen (secondary N) is 2. The molecule has 9 nitrogen and oxygen atoms in total. The molecule has 250 valence electrons. The first-order valence-corrected chi connectivity index (χ1v) is 17.1. The number of ether oxygens (including phenoxy) is 2. The van der Waals surface area contributed by atoms with Crippen molar-refractivity contribution in [3.05, 3.63) is 92.8 Å². The maximum absolute atomic E-state index is 16.3. The van der Waals surface area contributed by atoms with Gasteiger partial charge < -0.3 is 20.1 Å². The molecule has 8 rings (SSSR count). The van der Waals surface area contributed by atoms with Gasteiger partial charge in [0.25, 0.3) is 5.91 Å². The van der Waals surface area contributed by atoms with Crippen LogP contribution in [0.25, 0.3) is 10.9 Å². The van der Waals surface area contributed by atoms with Gasteiger partial charge in [0.15, 0.2) is 0 Å². The lowest BCUT2D eigenvalue weighted by Crippen LogP contribution is -2.54. The molecule has 2 N–H and O–H groups in total. The molecule has 1 aliphatic carbocycles. The molecule has 2 fully saturated rings. The number of likely N-dealkylation sites (tertiary alicyclic amines) is 1. The van der Waals surface area contributed by atoms with Crippen molar-refractivity contribution in [2.75, 3.05) is 39.3 Å². The number of benzene rings is 3. The molecule has 2 amide bonds. The van der Waals surface area contributed by atoms with Crippen LogP contribution in [-0.4, -0.2) is 72.6 Å². The van der Waals surface area contributed by atoms with Gasteiger partial charge in [0.2, 0.25) is 5.91 Å². The van der Waals surface area contributed by atoms with Gasteiger partial charge in [-0.2, -0.15) is 5.10 Å². The molecule has 0 radical (unpaired) electrons. The number of carbonyl (C=O) groups excluding carboxylic acids is 2. The Kier molecular flexibility index (Phi) is 8.00. The van der Waals surface area contributed by atoms with E-state index in [1.54, 1.807) is 50.6 Å². The van der Waals surface area contributed by atoms with Gasteiger partial charge in [0.05, 0.1) is 35.8 Å². The number of methoxy groups -OCH3 is 2. The predicted molar refractivity (Wildman–Crippen MR) is 181 cm³/mol. The Bertz CT molecular complexity index is 1940. The van der Waals surface area contributed by atoms with E-state index in [0.29, 0.717) is 59.5 Å². The minimum absolute atomic E-state index is 0.00567. The van der Waals surface area contributed by atoms with Crippen molar-refractivity contribution < 1.29 is 23.5 Å². The molecule has 48 heavy (non-hydrogen) atoms. The third-order valence-electron chi connectivity index (χ3n) is 10.8. The first-order valence-electron chi connectivity index (χ1n) is 16.4. The van der Waals surface area contributed by atoms with Crippen LogP contribution in [0.1, 0.15) is 58.4 Å². The fourth-order valence-corrected chi connectivity index (χ4v) is 9.02. The number of carbonyl (C=O) groups is 2. The number of fused-ring (bicyclic) bond motifs is 7. The van der Waals surface area contributed by atoms with Crippen molar-refractivity contribution in [2.24, 2.45) is 5.92 Å². The lowest BCUT2D eigenvalue weighted by atomic mass is 9.73. The highest BCUT2D eigenvalue weighted by atomic mass is 35.5. The fourth-order valence-electron chi connectivity index (χ4n) is 8.67. The molecular formula is C36H36Cl2FN5O4. The van der Waals surface area contributed by atoms with Crippen molar-refractivity contribution in [3.8, 4) is 0 Å². The van der Waals surface area contributed by atoms with Crippen LogP contribution in [0.3, 0.4) is 0 Å². The molecule has 1 aromatic heterocycles. The van der Waals surface area contributed by atoms with Crippen molar-refractivity contribution in [2.45, 2.75) is 55.3 Å². The molecule has 4 aromatic rings. The minimum Gasteiger partial charge on any atom is -0.382 e. The van der Waals surface area contributed by atoms with Crippen molar-refractivity contribution in [1.29, 1.82) is 0 Å². The summed E-state index contributed by atoms with van der Waals surface area (Å²) < 4.78 is 28.8. The highest BCUT2D eigenvalue weighted by molar-refractivity contribution is 6.31. The zero-order chi connectivity index (χ0) is 33.3. The molecule has 3 aliphatic heterocycles. The van der Waals surface area contributed by atoms with Crippen molar-refractivity contribution in [3.63, 3.8) is 0 Å². The molecule has 4 atom stereocenters. The van der Waals surface area contributed by atoms with Gasteiger partial charge in [-0.25, -0.2) is 4.39 Å². The van der Waals surface area contributed by atoms with Crippen LogP contribution in [0, 0.1) is 11.7 Å². The fraction of sp³-hybridized carbons (Fsp3) is 0.417. The van der Waals surface area contributed by atoms with Crippen LogP contribution in [0.5, 0.6) is 0 Å². The summed E-state index contributed by atoms with van der Waals surface area (Å²) in [4.78, 5) is 30.2. The standard InChI is InChI=1S/C36H36Cl2FN5O4/c1-47-17-22(18-48-2)40-34(45)20-9-11-23-27(13-20)42-44-29(23)15-30-33(44)31(24-7-4-8-26(38)32(24)39)36(43(30)16-19-5-3-6-19)25-12-10-21(37)14-28(25)41-35(36)46/h4,7-14,19,22,30-31,33H,3,5-6,15-18H2,1-2H3,(H,40,45)(H,41,46)/t30-,31-,33+,36+/m0/s1. The van der Waals surface area contributed by atoms with E-state index in [2.05, 4.69) is 15.5 Å². The van der Waals surface area contributed by atoms with Crippen LogP contribution >= 0.6 is 23.2 Å². The second kappa shape index (κ2) is 12.1. The molecule has 1 saturated carbocycles. The summed E-state index contributed by atoms with van der Waals surface area (Å²) in [6.07, 6.45) is 3.94. The number of anilines is 1. The number of aromatic nitrogens is 2. The molecule has 12 heteroatoms. The molecule has 0 unspecified atom stereocenters. The zero-order valence-corrected chi connectivity index (χ0v) is 28.2. The lowest BCUT2D eigenvalue weighted by Gasteiger charge is -2.43. The summed E-state index contributed by atoms with van der Waals surface area (Å²) in [5.74, 6) is -1.22. The van der Waals surface area contributed by atoms with E-state index >= 15 is 4.39 Å². The van der Waals surface area contributed by atoms with E-state index in [-0.39, 0.29) is 28.9 Å². The number of rotatable bonds is 9. The molecule has 0 bridgehead atoms. The van der Waals surface area contributed by atoms with Crippen molar-refractivity contribution in [1.82, 2.24) is 20.0 Å². The van der Waals surface area contributed by atoms with E-state index in [1.165, 1.54) is 6.07 Å². The Morgan fingerprint density at radius 2 is 1.92 bits per heavy atom. The molecular weight excluding hydrogens is 656 g/mol. The van der Waals surface area contributed by atoms with E-state index in [4.69, 9.17) is 37.8 Å². The van der Waals surface area contributed by atoms with Gasteiger partial charge in [-0.15, -0.1) is 0 Å². The molecule has 4 heterocycles. The normalized spacial score (nSPS) is 24.6. The summed E-state index contributed by atoms with van der Waals surface area (Å²) in [6.45, 7) is 1.33. The second-order valence-electron chi connectivity index (χ2n) is 13.4. The van der Waals surface area contributed by atoms with E-state index in [9.17, 15) is 9.59 Å². The Balaban J connectivity index is 1.28. The highest BCUT2D eigenvalue weighted by Crippen LogP contribution is 2.64. The van der Waals surface area contributed by atoms with Crippen LogP contribution in [0.15, 0.2) is 54.6 Å². The summed E-state index contributed by atoms with van der Waals surface area (Å²) in [5, 5.41) is 12.7. The molecule has 3 aromatic carbocycles. The van der Waals surface area contributed by atoms with Crippen LogP contribution in [0.4, 0.5) is 10.1 Å². The Labute approximate surface area is 287 Å². The highest BCUT2D eigenvalue weighted by Gasteiger charge is 2.69. The number of hydrogen-bond donors (Lipinski definition) is 2. The van der Waals surface area contributed by atoms with E-state index in [0.717, 1.165) is 35.9 Å². The second-order valence-corrected chi connectivity index (χ2v) is 14.3. The Morgan fingerprint density at radius 3 is 2.65 bits per heavy atom. The van der Waals surface area contributed by atoms with Crippen molar-refractivity contribution >= 4 is 51.6 Å².